The average molecular weight is 489 g/mol. The minimum atomic E-state index is -0.968. The predicted octanol–water partition coefficient (Wildman–Crippen LogP) is 2.83. The molecule has 2 N–H and O–H groups in total. The molecule has 0 radical (unpaired) electrons. The van der Waals surface area contributed by atoms with Gasteiger partial charge in [0.1, 0.15) is 23.4 Å². The van der Waals surface area contributed by atoms with Gasteiger partial charge in [-0.3, -0.25) is 19.3 Å². The number of halogens is 2. The van der Waals surface area contributed by atoms with E-state index in [1.165, 1.54) is 16.8 Å². The van der Waals surface area contributed by atoms with Gasteiger partial charge in [0.25, 0.3) is 11.8 Å². The molecular formula is C25H30F2N4O4. The summed E-state index contributed by atoms with van der Waals surface area (Å²) >= 11 is 0. The number of carbonyl (C=O) groups is 2. The number of nitrogens with one attached hydrogen (secondary N) is 1. The summed E-state index contributed by atoms with van der Waals surface area (Å²) in [5.74, 6) is -3.60. The Morgan fingerprint density at radius 3 is 2.71 bits per heavy atom. The Kier molecular flexibility index (Phi) is 7.20. The summed E-state index contributed by atoms with van der Waals surface area (Å²) in [6.45, 7) is 5.77. The van der Waals surface area contributed by atoms with Crippen LogP contribution in [0.15, 0.2) is 29.2 Å². The van der Waals surface area contributed by atoms with E-state index in [9.17, 15) is 28.3 Å². The van der Waals surface area contributed by atoms with Gasteiger partial charge < -0.3 is 19.9 Å². The Morgan fingerprint density at radius 1 is 1.23 bits per heavy atom. The summed E-state index contributed by atoms with van der Waals surface area (Å²) in [5, 5.41) is 13.1. The van der Waals surface area contributed by atoms with Crippen molar-refractivity contribution >= 4 is 11.8 Å². The van der Waals surface area contributed by atoms with Gasteiger partial charge in [-0.25, -0.2) is 8.78 Å². The molecule has 1 aromatic heterocycles. The van der Waals surface area contributed by atoms with Crippen LogP contribution in [-0.4, -0.2) is 56.6 Å². The Labute approximate surface area is 202 Å². The zero-order valence-electron chi connectivity index (χ0n) is 19.9. The molecule has 2 atom stereocenters. The Bertz CT molecular complexity index is 1200. The number of rotatable bonds is 7. The number of benzene rings is 1. The number of aromatic hydroxyl groups is 1. The smallest absolute Gasteiger partial charge is 0.276 e. The number of carbonyl (C=O) groups excluding carboxylic acids is 2. The lowest BCUT2D eigenvalue weighted by Gasteiger charge is -2.50. The maximum Gasteiger partial charge on any atom is 0.276 e. The summed E-state index contributed by atoms with van der Waals surface area (Å²) < 4.78 is 28.5. The van der Waals surface area contributed by atoms with Crippen molar-refractivity contribution in [2.75, 3.05) is 13.1 Å². The van der Waals surface area contributed by atoms with Gasteiger partial charge in [-0.05, 0) is 25.8 Å². The third kappa shape index (κ3) is 4.80. The highest BCUT2D eigenvalue weighted by Gasteiger charge is 2.43. The Hall–Kier alpha value is -3.27. The summed E-state index contributed by atoms with van der Waals surface area (Å²) in [6, 6.07) is 2.92. The van der Waals surface area contributed by atoms with Crippen LogP contribution < -0.4 is 10.7 Å². The summed E-state index contributed by atoms with van der Waals surface area (Å²) in [6.07, 6.45) is 4.98. The average Bonchev–Trinajstić information content (AvgIpc) is 2.82. The van der Waals surface area contributed by atoms with Crippen LogP contribution in [-0.2, 0) is 13.1 Å². The van der Waals surface area contributed by atoms with E-state index in [4.69, 9.17) is 0 Å². The molecule has 188 valence electrons. The molecule has 0 spiro atoms. The van der Waals surface area contributed by atoms with Crippen molar-refractivity contribution in [3.8, 4) is 5.75 Å². The zero-order chi connectivity index (χ0) is 25.3. The molecule has 2 aliphatic rings. The van der Waals surface area contributed by atoms with Gasteiger partial charge in [0, 0.05) is 43.5 Å². The number of aromatic nitrogens is 1. The van der Waals surface area contributed by atoms with Crippen molar-refractivity contribution in [2.45, 2.75) is 64.8 Å². The molecule has 1 fully saturated rings. The van der Waals surface area contributed by atoms with E-state index in [0.717, 1.165) is 44.8 Å². The lowest BCUT2D eigenvalue weighted by atomic mass is 10.0. The summed E-state index contributed by atoms with van der Waals surface area (Å²) in [7, 11) is 0. The standard InChI is InChI=1S/C25H30F2N4O4/c1-3-4-5-9-29-10-8-15(2)31-20(29)14-30-13-18(22(32)23(33)21(30)25(31)35)24(34)28-12-16-6-7-17(26)11-19(16)27/h6-7,11,13,15,20,33H,3-5,8-10,12,14H2,1-2H3,(H,28,34)/t15-,20-/m1/s1. The van der Waals surface area contributed by atoms with Crippen LogP contribution in [0.4, 0.5) is 8.78 Å². The minimum Gasteiger partial charge on any atom is -0.503 e. The molecular weight excluding hydrogens is 458 g/mol. The molecule has 2 amide bonds. The molecule has 1 aromatic carbocycles. The fourth-order valence-electron chi connectivity index (χ4n) is 4.89. The Balaban J connectivity index is 1.61. The lowest BCUT2D eigenvalue weighted by molar-refractivity contribution is -0.0329. The highest BCUT2D eigenvalue weighted by atomic mass is 19.1. The fourth-order valence-corrected chi connectivity index (χ4v) is 4.89. The van der Waals surface area contributed by atoms with Crippen LogP contribution in [0.3, 0.4) is 0 Å². The van der Waals surface area contributed by atoms with Gasteiger partial charge in [-0.2, -0.15) is 0 Å². The third-order valence-corrected chi connectivity index (χ3v) is 6.85. The van der Waals surface area contributed by atoms with E-state index in [0.29, 0.717) is 12.6 Å². The SMILES string of the molecule is CCCCCN1CC[C@@H](C)N2C(=O)c3c(O)c(=O)c(C(=O)NCc4ccc(F)cc4F)cn3C[C@H]12. The van der Waals surface area contributed by atoms with Crippen molar-refractivity contribution < 1.29 is 23.5 Å². The molecule has 0 aliphatic carbocycles. The number of pyridine rings is 1. The lowest BCUT2D eigenvalue weighted by Crippen LogP contribution is -2.63. The van der Waals surface area contributed by atoms with Crippen molar-refractivity contribution in [3.63, 3.8) is 0 Å². The number of unbranched alkanes of at least 4 members (excludes halogenated alkanes) is 2. The van der Waals surface area contributed by atoms with E-state index in [2.05, 4.69) is 17.1 Å². The fraction of sp³-hybridized carbons (Fsp3) is 0.480. The first-order valence-corrected chi connectivity index (χ1v) is 12.0. The molecule has 0 bridgehead atoms. The van der Waals surface area contributed by atoms with Crippen LogP contribution in [0, 0.1) is 11.6 Å². The first kappa shape index (κ1) is 24.8. The maximum atomic E-state index is 13.9. The summed E-state index contributed by atoms with van der Waals surface area (Å²) in [5.41, 5.74) is -1.40. The molecule has 2 aromatic rings. The van der Waals surface area contributed by atoms with Crippen LogP contribution in [0.5, 0.6) is 5.75 Å². The van der Waals surface area contributed by atoms with E-state index in [1.807, 2.05) is 6.92 Å². The zero-order valence-corrected chi connectivity index (χ0v) is 19.9. The second kappa shape index (κ2) is 10.2. The van der Waals surface area contributed by atoms with Crippen molar-refractivity contribution in [1.29, 1.82) is 0 Å². The molecule has 0 unspecified atom stereocenters. The number of hydrogen-bond acceptors (Lipinski definition) is 5. The maximum absolute atomic E-state index is 13.9. The monoisotopic (exact) mass is 488 g/mol. The van der Waals surface area contributed by atoms with Gasteiger partial charge in [-0.1, -0.05) is 25.8 Å². The van der Waals surface area contributed by atoms with Gasteiger partial charge in [-0.15, -0.1) is 0 Å². The number of amides is 2. The largest absolute Gasteiger partial charge is 0.503 e. The molecule has 8 nitrogen and oxygen atoms in total. The van der Waals surface area contributed by atoms with Crippen LogP contribution >= 0.6 is 0 Å². The summed E-state index contributed by atoms with van der Waals surface area (Å²) in [4.78, 5) is 42.9. The van der Waals surface area contributed by atoms with E-state index in [1.54, 1.807) is 4.90 Å². The van der Waals surface area contributed by atoms with E-state index >= 15 is 0 Å². The normalized spacial score (nSPS) is 19.9. The van der Waals surface area contributed by atoms with E-state index < -0.39 is 34.6 Å². The number of fused-ring (bicyclic) bond motifs is 2. The second-order valence-electron chi connectivity index (χ2n) is 9.21. The number of hydrogen-bond donors (Lipinski definition) is 2. The molecule has 10 heteroatoms. The van der Waals surface area contributed by atoms with Gasteiger partial charge in [0.2, 0.25) is 5.43 Å². The molecule has 4 rings (SSSR count). The molecule has 35 heavy (non-hydrogen) atoms. The Morgan fingerprint density at radius 2 is 2.00 bits per heavy atom. The molecule has 3 heterocycles. The van der Waals surface area contributed by atoms with Crippen LogP contribution in [0.2, 0.25) is 0 Å². The van der Waals surface area contributed by atoms with Gasteiger partial charge in [0.05, 0.1) is 6.54 Å². The first-order chi connectivity index (χ1) is 16.7. The second-order valence-corrected chi connectivity index (χ2v) is 9.21. The van der Waals surface area contributed by atoms with E-state index in [-0.39, 0.29) is 35.6 Å². The topological polar surface area (TPSA) is 94.9 Å². The highest BCUT2D eigenvalue weighted by molar-refractivity contribution is 5.99. The number of nitrogens with zero attached hydrogens (tertiary/aromatic N) is 3. The van der Waals surface area contributed by atoms with Gasteiger partial charge >= 0.3 is 0 Å². The van der Waals surface area contributed by atoms with Crippen molar-refractivity contribution in [1.82, 2.24) is 19.7 Å². The van der Waals surface area contributed by atoms with Crippen LogP contribution in [0.25, 0.3) is 0 Å². The quantitative estimate of drug-likeness (QED) is 0.585. The van der Waals surface area contributed by atoms with Crippen molar-refractivity contribution in [2.24, 2.45) is 0 Å². The van der Waals surface area contributed by atoms with Crippen LogP contribution in [0.1, 0.15) is 65.9 Å². The highest BCUT2D eigenvalue weighted by Crippen LogP contribution is 2.31. The third-order valence-electron chi connectivity index (χ3n) is 6.85. The first-order valence-electron chi connectivity index (χ1n) is 12.0. The predicted molar refractivity (Wildman–Crippen MR) is 125 cm³/mol. The van der Waals surface area contributed by atoms with Crippen molar-refractivity contribution in [3.05, 3.63) is 63.1 Å². The van der Waals surface area contributed by atoms with Gasteiger partial charge in [0.15, 0.2) is 11.4 Å². The molecule has 2 aliphatic heterocycles. The minimum absolute atomic E-state index is 0.0479. The molecule has 0 saturated carbocycles. The molecule has 1 saturated heterocycles.